The maximum Gasteiger partial charge on any atom is 0.279 e. The van der Waals surface area contributed by atoms with Gasteiger partial charge < -0.3 is 4.57 Å². The zero-order valence-corrected chi connectivity index (χ0v) is 21.8. The molecule has 184 valence electrons. The van der Waals surface area contributed by atoms with E-state index in [1.165, 1.54) is 35.6 Å². The van der Waals surface area contributed by atoms with Crippen LogP contribution < -0.4 is 4.80 Å². The number of amides is 1. The van der Waals surface area contributed by atoms with E-state index in [2.05, 4.69) is 24.8 Å². The van der Waals surface area contributed by atoms with Crippen molar-refractivity contribution in [3.63, 3.8) is 0 Å². The number of piperidine rings is 1. The second-order valence-electron chi connectivity index (χ2n) is 9.52. The van der Waals surface area contributed by atoms with Crippen molar-refractivity contribution in [1.29, 1.82) is 0 Å². The third kappa shape index (κ3) is 4.50. The quantitative estimate of drug-likeness (QED) is 0.362. The number of aromatic nitrogens is 1. The molecule has 2 atom stereocenters. The van der Waals surface area contributed by atoms with Crippen LogP contribution in [0.25, 0.3) is 21.0 Å². The van der Waals surface area contributed by atoms with Gasteiger partial charge in [0.1, 0.15) is 0 Å². The normalized spacial score (nSPS) is 19.5. The van der Waals surface area contributed by atoms with E-state index >= 15 is 0 Å². The molecule has 5 rings (SSSR count). The van der Waals surface area contributed by atoms with Crippen molar-refractivity contribution in [3.8, 4) is 12.3 Å². The minimum absolute atomic E-state index is 0.191. The zero-order chi connectivity index (χ0) is 25.4. The molecular formula is C28H27N3O3S2. The summed E-state index contributed by atoms with van der Waals surface area (Å²) in [5, 5.41) is 2.18. The predicted molar refractivity (Wildman–Crippen MR) is 144 cm³/mol. The first-order chi connectivity index (χ1) is 17.3. The van der Waals surface area contributed by atoms with E-state index in [1.54, 1.807) is 4.31 Å². The largest absolute Gasteiger partial charge is 0.305 e. The van der Waals surface area contributed by atoms with Gasteiger partial charge in [-0.1, -0.05) is 61.4 Å². The lowest BCUT2D eigenvalue weighted by Gasteiger charge is -2.34. The molecular weight excluding hydrogens is 490 g/mol. The Bertz CT molecular complexity index is 1670. The van der Waals surface area contributed by atoms with E-state index in [4.69, 9.17) is 6.42 Å². The third-order valence-corrected chi connectivity index (χ3v) is 9.57. The summed E-state index contributed by atoms with van der Waals surface area (Å²) in [6, 6.07) is 18.1. The first-order valence-electron chi connectivity index (χ1n) is 11.9. The van der Waals surface area contributed by atoms with Gasteiger partial charge in [0.2, 0.25) is 10.0 Å². The average molecular weight is 518 g/mol. The van der Waals surface area contributed by atoms with E-state index in [9.17, 15) is 13.2 Å². The van der Waals surface area contributed by atoms with Crippen LogP contribution in [0.2, 0.25) is 0 Å². The fourth-order valence-electron chi connectivity index (χ4n) is 5.00. The number of benzene rings is 3. The Hall–Kier alpha value is -3.25. The average Bonchev–Trinajstić information content (AvgIpc) is 3.21. The molecule has 0 N–H and O–H groups in total. The standard InChI is InChI=1S/C28H27N3O3S2/c1-4-15-31-25-14-11-21-7-5-6-8-24(21)26(25)35-28(31)29-27(32)22-9-12-23(13-10-22)36(33,34)30-17-19(2)16-20(3)18-30/h1,5-14,19-20H,15-18H2,2-3H3. The molecule has 2 heterocycles. The number of hydrogen-bond acceptors (Lipinski definition) is 4. The summed E-state index contributed by atoms with van der Waals surface area (Å²) in [6.07, 6.45) is 6.64. The fourth-order valence-corrected chi connectivity index (χ4v) is 7.84. The molecule has 0 radical (unpaired) electrons. The Kier molecular flexibility index (Phi) is 6.56. The van der Waals surface area contributed by atoms with Gasteiger partial charge in [-0.15, -0.1) is 6.42 Å². The smallest absolute Gasteiger partial charge is 0.279 e. The molecule has 1 fully saturated rings. The molecule has 1 aliphatic heterocycles. The number of hydrogen-bond donors (Lipinski definition) is 0. The summed E-state index contributed by atoms with van der Waals surface area (Å²) < 4.78 is 30.8. The molecule has 1 aromatic heterocycles. The topological polar surface area (TPSA) is 71.7 Å². The molecule has 1 aliphatic rings. The summed E-state index contributed by atoms with van der Waals surface area (Å²) in [4.78, 5) is 18.2. The van der Waals surface area contributed by atoms with Gasteiger partial charge >= 0.3 is 0 Å². The third-order valence-electron chi connectivity index (χ3n) is 6.59. The maximum atomic E-state index is 13.2. The second-order valence-corrected chi connectivity index (χ2v) is 12.4. The molecule has 4 aromatic rings. The monoisotopic (exact) mass is 517 g/mol. The van der Waals surface area contributed by atoms with Crippen LogP contribution in [0, 0.1) is 24.2 Å². The van der Waals surface area contributed by atoms with Crippen molar-refractivity contribution in [2.24, 2.45) is 16.8 Å². The lowest BCUT2D eigenvalue weighted by Crippen LogP contribution is -2.42. The van der Waals surface area contributed by atoms with Crippen LogP contribution in [0.1, 0.15) is 30.6 Å². The molecule has 0 saturated carbocycles. The lowest BCUT2D eigenvalue weighted by atomic mass is 9.94. The van der Waals surface area contributed by atoms with Gasteiger partial charge in [0.25, 0.3) is 5.91 Å². The van der Waals surface area contributed by atoms with E-state index in [1.807, 2.05) is 41.0 Å². The highest BCUT2D eigenvalue weighted by molar-refractivity contribution is 7.89. The van der Waals surface area contributed by atoms with Crippen molar-refractivity contribution in [2.45, 2.75) is 31.7 Å². The summed E-state index contributed by atoms with van der Waals surface area (Å²) in [7, 11) is -3.61. The predicted octanol–water partition coefficient (Wildman–Crippen LogP) is 4.90. The number of sulfonamides is 1. The highest BCUT2D eigenvalue weighted by Crippen LogP contribution is 2.28. The molecule has 0 bridgehead atoms. The van der Waals surface area contributed by atoms with Crippen molar-refractivity contribution in [2.75, 3.05) is 13.1 Å². The Balaban J connectivity index is 1.49. The first kappa shape index (κ1) is 24.4. The van der Waals surface area contributed by atoms with Crippen LogP contribution in [0.3, 0.4) is 0 Å². The molecule has 0 spiro atoms. The van der Waals surface area contributed by atoms with Crippen LogP contribution in [0.5, 0.6) is 0 Å². The van der Waals surface area contributed by atoms with Gasteiger partial charge in [0.05, 0.1) is 21.7 Å². The van der Waals surface area contributed by atoms with Gasteiger partial charge in [0.15, 0.2) is 4.80 Å². The maximum absolute atomic E-state index is 13.2. The molecule has 36 heavy (non-hydrogen) atoms. The highest BCUT2D eigenvalue weighted by atomic mass is 32.2. The van der Waals surface area contributed by atoms with Crippen molar-refractivity contribution >= 4 is 48.3 Å². The number of carbonyl (C=O) groups is 1. The van der Waals surface area contributed by atoms with Gasteiger partial charge in [0, 0.05) is 24.0 Å². The van der Waals surface area contributed by atoms with Crippen LogP contribution in [-0.2, 0) is 16.6 Å². The van der Waals surface area contributed by atoms with Crippen LogP contribution in [0.15, 0.2) is 70.6 Å². The van der Waals surface area contributed by atoms with E-state index in [0.717, 1.165) is 27.4 Å². The Morgan fingerprint density at radius 1 is 1.06 bits per heavy atom. The molecule has 2 unspecified atom stereocenters. The summed E-state index contributed by atoms with van der Waals surface area (Å²) in [6.45, 7) is 5.46. The Labute approximate surface area is 215 Å². The van der Waals surface area contributed by atoms with E-state index in [-0.39, 0.29) is 11.4 Å². The van der Waals surface area contributed by atoms with Crippen LogP contribution in [0.4, 0.5) is 0 Å². The number of nitrogens with zero attached hydrogens (tertiary/aromatic N) is 3. The molecule has 1 amide bonds. The second kappa shape index (κ2) is 9.66. The Morgan fingerprint density at radius 2 is 1.75 bits per heavy atom. The molecule has 0 aliphatic carbocycles. The fraction of sp³-hybridized carbons (Fsp3) is 0.286. The lowest BCUT2D eigenvalue weighted by molar-refractivity contribution is 0.0998. The molecule has 6 nitrogen and oxygen atoms in total. The van der Waals surface area contributed by atoms with Gasteiger partial charge in [-0.3, -0.25) is 4.79 Å². The summed E-state index contributed by atoms with van der Waals surface area (Å²) in [5.41, 5.74) is 1.25. The van der Waals surface area contributed by atoms with Crippen LogP contribution >= 0.6 is 11.3 Å². The number of thiazole rings is 1. The van der Waals surface area contributed by atoms with Crippen molar-refractivity contribution in [1.82, 2.24) is 8.87 Å². The number of carbonyl (C=O) groups excluding carboxylic acids is 1. The van der Waals surface area contributed by atoms with Crippen molar-refractivity contribution < 1.29 is 13.2 Å². The summed E-state index contributed by atoms with van der Waals surface area (Å²) >= 11 is 1.42. The minimum Gasteiger partial charge on any atom is -0.305 e. The van der Waals surface area contributed by atoms with E-state index < -0.39 is 15.9 Å². The number of fused-ring (bicyclic) bond motifs is 3. The zero-order valence-electron chi connectivity index (χ0n) is 20.2. The molecule has 8 heteroatoms. The van der Waals surface area contributed by atoms with Gasteiger partial charge in [-0.05, 0) is 54.0 Å². The number of rotatable bonds is 4. The molecule has 3 aromatic carbocycles. The Morgan fingerprint density at radius 3 is 2.44 bits per heavy atom. The van der Waals surface area contributed by atoms with Crippen LogP contribution in [-0.4, -0.2) is 36.3 Å². The SMILES string of the molecule is C#CCn1c(=NC(=O)c2ccc(S(=O)(=O)N3CC(C)CC(C)C3)cc2)sc2c3ccccc3ccc21. The summed E-state index contributed by atoms with van der Waals surface area (Å²) in [5.74, 6) is 2.84. The van der Waals surface area contributed by atoms with Crippen molar-refractivity contribution in [3.05, 3.63) is 71.0 Å². The van der Waals surface area contributed by atoms with E-state index in [0.29, 0.717) is 35.3 Å². The minimum atomic E-state index is -3.61. The number of terminal acetylenes is 1. The van der Waals surface area contributed by atoms with Gasteiger partial charge in [-0.25, -0.2) is 8.42 Å². The highest BCUT2D eigenvalue weighted by Gasteiger charge is 2.31. The molecule has 1 saturated heterocycles. The first-order valence-corrected chi connectivity index (χ1v) is 14.2. The van der Waals surface area contributed by atoms with Gasteiger partial charge in [-0.2, -0.15) is 9.30 Å².